The van der Waals surface area contributed by atoms with Gasteiger partial charge in [-0.2, -0.15) is 0 Å². The van der Waals surface area contributed by atoms with Crippen LogP contribution >= 0.6 is 23.2 Å². The van der Waals surface area contributed by atoms with Gasteiger partial charge in [0.05, 0.1) is 0 Å². The van der Waals surface area contributed by atoms with Crippen LogP contribution in [0.5, 0.6) is 0 Å². The monoisotopic (exact) mass is 152 g/mol. The normalized spacial score (nSPS) is 39.8. The van der Waals surface area contributed by atoms with Crippen LogP contribution in [0.25, 0.3) is 0 Å². The van der Waals surface area contributed by atoms with Gasteiger partial charge < -0.3 is 0 Å². The molecule has 0 saturated heterocycles. The largest absolute Gasteiger partial charge is 0.121 e. The molecule has 0 bridgehead atoms. The lowest BCUT2D eigenvalue weighted by atomic mass is 10.00. The summed E-state index contributed by atoms with van der Waals surface area (Å²) in [6.07, 6.45) is 4.74. The number of hydrogen-bond acceptors (Lipinski definition) is 0. The molecule has 1 aliphatic carbocycles. The van der Waals surface area contributed by atoms with Crippen molar-refractivity contribution >= 4 is 23.2 Å². The first kappa shape index (κ1) is 6.70. The smallest absolute Gasteiger partial charge is 0.0499 e. The molecule has 1 aliphatic rings. The maximum atomic E-state index is 5.84. The van der Waals surface area contributed by atoms with Crippen molar-refractivity contribution in [2.75, 3.05) is 0 Å². The summed E-state index contributed by atoms with van der Waals surface area (Å²) in [7, 11) is 0. The van der Waals surface area contributed by atoms with Gasteiger partial charge in [-0.15, -0.1) is 23.2 Å². The fraction of sp³-hybridized carbons (Fsp3) is 1.00. The molecule has 0 unspecified atom stereocenters. The van der Waals surface area contributed by atoms with E-state index in [4.69, 9.17) is 23.2 Å². The van der Waals surface area contributed by atoms with Crippen molar-refractivity contribution in [1.82, 2.24) is 0 Å². The molecule has 0 aliphatic heterocycles. The second kappa shape index (κ2) is 2.93. The van der Waals surface area contributed by atoms with Crippen LogP contribution in [0.4, 0.5) is 0 Å². The van der Waals surface area contributed by atoms with Crippen LogP contribution in [0, 0.1) is 0 Å². The molecule has 0 heterocycles. The number of halogens is 2. The van der Waals surface area contributed by atoms with Gasteiger partial charge in [-0.25, -0.2) is 0 Å². The molecular weight excluding hydrogens is 143 g/mol. The van der Waals surface area contributed by atoms with Gasteiger partial charge in [0.15, 0.2) is 0 Å². The minimum atomic E-state index is 0.241. The fourth-order valence-electron chi connectivity index (χ4n) is 1.04. The molecule has 0 nitrogen and oxygen atoms in total. The zero-order valence-electron chi connectivity index (χ0n) is 4.74. The molecule has 0 radical (unpaired) electrons. The highest BCUT2D eigenvalue weighted by Gasteiger charge is 2.19. The molecule has 1 fully saturated rings. The standard InChI is InChI=1S/C6H10Cl2/c7-5-3-1-2-4-6(5)8/h5-6H,1-4H2/t5-,6-/m0/s1. The Labute approximate surface area is 60.2 Å². The third kappa shape index (κ3) is 1.53. The number of alkyl halides is 2. The molecule has 8 heavy (non-hydrogen) atoms. The second-order valence-electron chi connectivity index (χ2n) is 2.32. The van der Waals surface area contributed by atoms with Crippen LogP contribution in [-0.2, 0) is 0 Å². The Morgan fingerprint density at radius 1 is 0.875 bits per heavy atom. The van der Waals surface area contributed by atoms with E-state index in [9.17, 15) is 0 Å². The first-order valence-electron chi connectivity index (χ1n) is 3.09. The molecule has 2 heteroatoms. The lowest BCUT2D eigenvalue weighted by Gasteiger charge is -2.20. The molecule has 0 aromatic rings. The summed E-state index contributed by atoms with van der Waals surface area (Å²) < 4.78 is 0. The number of rotatable bonds is 0. The molecule has 1 rings (SSSR count). The van der Waals surface area contributed by atoms with E-state index in [-0.39, 0.29) is 10.8 Å². The lowest BCUT2D eigenvalue weighted by molar-refractivity contribution is 0.517. The van der Waals surface area contributed by atoms with Gasteiger partial charge in [0, 0.05) is 10.8 Å². The Hall–Kier alpha value is 0.580. The zero-order valence-corrected chi connectivity index (χ0v) is 6.25. The SMILES string of the molecule is Cl[C@H]1CCCC[C@@H]1Cl. The summed E-state index contributed by atoms with van der Waals surface area (Å²) in [5, 5.41) is 0.482. The predicted molar refractivity (Wildman–Crippen MR) is 37.8 cm³/mol. The van der Waals surface area contributed by atoms with Crippen LogP contribution in [0.1, 0.15) is 25.7 Å². The molecule has 2 atom stereocenters. The van der Waals surface area contributed by atoms with Gasteiger partial charge in [-0.05, 0) is 12.8 Å². The van der Waals surface area contributed by atoms with E-state index in [0.29, 0.717) is 0 Å². The molecule has 1 saturated carbocycles. The Morgan fingerprint density at radius 2 is 1.25 bits per heavy atom. The molecule has 0 aromatic heterocycles. The van der Waals surface area contributed by atoms with Crippen molar-refractivity contribution in [1.29, 1.82) is 0 Å². The Balaban J connectivity index is 2.28. The van der Waals surface area contributed by atoms with Crippen LogP contribution in [0.3, 0.4) is 0 Å². The quantitative estimate of drug-likeness (QED) is 0.469. The van der Waals surface area contributed by atoms with E-state index in [1.54, 1.807) is 0 Å². The highest BCUT2D eigenvalue weighted by Crippen LogP contribution is 2.26. The minimum absolute atomic E-state index is 0.241. The van der Waals surface area contributed by atoms with Gasteiger partial charge in [0.25, 0.3) is 0 Å². The predicted octanol–water partition coefficient (Wildman–Crippen LogP) is 2.78. The van der Waals surface area contributed by atoms with E-state index in [1.165, 1.54) is 12.8 Å². The Morgan fingerprint density at radius 3 is 1.50 bits per heavy atom. The van der Waals surface area contributed by atoms with Crippen molar-refractivity contribution in [3.05, 3.63) is 0 Å². The topological polar surface area (TPSA) is 0 Å². The summed E-state index contributed by atoms with van der Waals surface area (Å²) in [5.41, 5.74) is 0. The van der Waals surface area contributed by atoms with Crippen molar-refractivity contribution in [3.63, 3.8) is 0 Å². The summed E-state index contributed by atoms with van der Waals surface area (Å²) >= 11 is 11.7. The van der Waals surface area contributed by atoms with Gasteiger partial charge in [0.1, 0.15) is 0 Å². The molecule has 48 valence electrons. The van der Waals surface area contributed by atoms with Gasteiger partial charge in [-0.1, -0.05) is 12.8 Å². The molecular formula is C6H10Cl2. The van der Waals surface area contributed by atoms with Crippen LogP contribution in [-0.4, -0.2) is 10.8 Å². The van der Waals surface area contributed by atoms with Gasteiger partial charge >= 0.3 is 0 Å². The van der Waals surface area contributed by atoms with Crippen molar-refractivity contribution < 1.29 is 0 Å². The van der Waals surface area contributed by atoms with E-state index in [2.05, 4.69) is 0 Å². The van der Waals surface area contributed by atoms with E-state index in [1.807, 2.05) is 0 Å². The van der Waals surface area contributed by atoms with E-state index < -0.39 is 0 Å². The summed E-state index contributed by atoms with van der Waals surface area (Å²) in [4.78, 5) is 0. The second-order valence-corrected chi connectivity index (χ2v) is 3.44. The third-order valence-corrected chi connectivity index (χ3v) is 2.78. The molecule has 0 spiro atoms. The fourth-order valence-corrected chi connectivity index (χ4v) is 1.60. The third-order valence-electron chi connectivity index (χ3n) is 1.60. The molecule has 0 amide bonds. The van der Waals surface area contributed by atoms with Crippen molar-refractivity contribution in [2.24, 2.45) is 0 Å². The minimum Gasteiger partial charge on any atom is -0.121 e. The lowest BCUT2D eigenvalue weighted by Crippen LogP contribution is -2.19. The number of hydrogen-bond donors (Lipinski definition) is 0. The summed E-state index contributed by atoms with van der Waals surface area (Å²) in [6, 6.07) is 0. The highest BCUT2D eigenvalue weighted by atomic mass is 35.5. The highest BCUT2D eigenvalue weighted by molar-refractivity contribution is 6.30. The van der Waals surface area contributed by atoms with E-state index in [0.717, 1.165) is 12.8 Å². The van der Waals surface area contributed by atoms with Crippen molar-refractivity contribution in [3.8, 4) is 0 Å². The maximum absolute atomic E-state index is 5.84. The Kier molecular flexibility index (Phi) is 2.45. The average molecular weight is 153 g/mol. The Bertz CT molecular complexity index is 62.9. The maximum Gasteiger partial charge on any atom is 0.0499 e. The van der Waals surface area contributed by atoms with Crippen LogP contribution in [0.2, 0.25) is 0 Å². The summed E-state index contributed by atoms with van der Waals surface area (Å²) in [5.74, 6) is 0. The van der Waals surface area contributed by atoms with Crippen LogP contribution < -0.4 is 0 Å². The van der Waals surface area contributed by atoms with Gasteiger partial charge in [-0.3, -0.25) is 0 Å². The zero-order chi connectivity index (χ0) is 5.98. The van der Waals surface area contributed by atoms with Crippen molar-refractivity contribution in [2.45, 2.75) is 36.4 Å². The first-order chi connectivity index (χ1) is 3.80. The van der Waals surface area contributed by atoms with Crippen LogP contribution in [0.15, 0.2) is 0 Å². The summed E-state index contributed by atoms with van der Waals surface area (Å²) in [6.45, 7) is 0. The average Bonchev–Trinajstić information content (AvgIpc) is 1.77. The first-order valence-corrected chi connectivity index (χ1v) is 3.96. The van der Waals surface area contributed by atoms with E-state index >= 15 is 0 Å². The molecule has 0 aromatic carbocycles. The van der Waals surface area contributed by atoms with Gasteiger partial charge in [0.2, 0.25) is 0 Å². The molecule has 0 N–H and O–H groups in total.